The maximum absolute atomic E-state index is 13.2. The van der Waals surface area contributed by atoms with Gasteiger partial charge in [-0.05, 0) is 40.8 Å². The third kappa shape index (κ3) is 1.84. The van der Waals surface area contributed by atoms with Crippen LogP contribution in [-0.2, 0) is 6.54 Å². The summed E-state index contributed by atoms with van der Waals surface area (Å²) >= 11 is 1.60. The largest absolute Gasteiger partial charge is 0.326 e. The lowest BCUT2D eigenvalue weighted by molar-refractivity contribution is 0.626. The van der Waals surface area contributed by atoms with Crippen LogP contribution in [0.5, 0.6) is 0 Å². The molecular weight excluding hydrogens is 197 g/mol. The molecule has 0 atom stereocenters. The minimum absolute atomic E-state index is 0.226. The van der Waals surface area contributed by atoms with E-state index in [4.69, 9.17) is 5.73 Å². The van der Waals surface area contributed by atoms with E-state index in [0.717, 1.165) is 16.0 Å². The Kier molecular flexibility index (Phi) is 2.61. The topological polar surface area (TPSA) is 26.0 Å². The molecule has 1 aromatic heterocycles. The Morgan fingerprint density at radius 2 is 2.14 bits per heavy atom. The van der Waals surface area contributed by atoms with E-state index in [1.54, 1.807) is 11.3 Å². The summed E-state index contributed by atoms with van der Waals surface area (Å²) in [5.41, 5.74) is 7.21. The van der Waals surface area contributed by atoms with E-state index in [1.165, 1.54) is 12.1 Å². The molecule has 72 valence electrons. The third-order valence-electron chi connectivity index (χ3n) is 2.00. The van der Waals surface area contributed by atoms with E-state index in [1.807, 2.05) is 23.6 Å². The summed E-state index contributed by atoms with van der Waals surface area (Å²) in [6.07, 6.45) is 0. The number of thiophene rings is 1. The average Bonchev–Trinajstić information content (AvgIpc) is 2.69. The van der Waals surface area contributed by atoms with Crippen molar-refractivity contribution in [3.8, 4) is 10.4 Å². The molecule has 0 unspecified atom stereocenters. The number of halogens is 1. The predicted octanol–water partition coefficient (Wildman–Crippen LogP) is 3.01. The lowest BCUT2D eigenvalue weighted by atomic mass is 10.1. The molecule has 0 bridgehead atoms. The second-order valence-electron chi connectivity index (χ2n) is 3.03. The van der Waals surface area contributed by atoms with E-state index in [-0.39, 0.29) is 5.82 Å². The molecule has 1 aromatic carbocycles. The lowest BCUT2D eigenvalue weighted by Gasteiger charge is -2.02. The molecule has 0 spiro atoms. The van der Waals surface area contributed by atoms with Crippen LogP contribution in [0.1, 0.15) is 5.56 Å². The van der Waals surface area contributed by atoms with Crippen molar-refractivity contribution in [1.29, 1.82) is 0 Å². The molecule has 0 saturated carbocycles. The zero-order chi connectivity index (χ0) is 9.97. The highest BCUT2D eigenvalue weighted by atomic mass is 32.1. The molecule has 0 fully saturated rings. The van der Waals surface area contributed by atoms with Gasteiger partial charge in [-0.3, -0.25) is 0 Å². The SMILES string of the molecule is NCc1cc(F)cc(-c2cccs2)c1. The molecule has 0 aliphatic heterocycles. The van der Waals surface area contributed by atoms with Gasteiger partial charge in [0.05, 0.1) is 0 Å². The maximum Gasteiger partial charge on any atom is 0.124 e. The van der Waals surface area contributed by atoms with Crippen molar-refractivity contribution in [3.63, 3.8) is 0 Å². The number of hydrogen-bond donors (Lipinski definition) is 1. The van der Waals surface area contributed by atoms with Crippen LogP contribution in [0.2, 0.25) is 0 Å². The van der Waals surface area contributed by atoms with E-state index in [9.17, 15) is 4.39 Å². The highest BCUT2D eigenvalue weighted by Gasteiger charge is 2.02. The highest BCUT2D eigenvalue weighted by molar-refractivity contribution is 7.13. The van der Waals surface area contributed by atoms with Crippen molar-refractivity contribution in [2.75, 3.05) is 0 Å². The second kappa shape index (κ2) is 3.90. The predicted molar refractivity (Wildman–Crippen MR) is 57.6 cm³/mol. The Morgan fingerprint density at radius 1 is 1.29 bits per heavy atom. The minimum Gasteiger partial charge on any atom is -0.326 e. The summed E-state index contributed by atoms with van der Waals surface area (Å²) in [5.74, 6) is -0.226. The first-order chi connectivity index (χ1) is 6.79. The van der Waals surface area contributed by atoms with Crippen molar-refractivity contribution in [2.45, 2.75) is 6.54 Å². The number of nitrogens with two attached hydrogens (primary N) is 1. The van der Waals surface area contributed by atoms with Crippen LogP contribution in [0, 0.1) is 5.82 Å². The monoisotopic (exact) mass is 207 g/mol. The van der Waals surface area contributed by atoms with Crippen LogP contribution in [0.4, 0.5) is 4.39 Å². The Morgan fingerprint density at radius 3 is 2.79 bits per heavy atom. The van der Waals surface area contributed by atoms with Gasteiger partial charge in [-0.1, -0.05) is 6.07 Å². The van der Waals surface area contributed by atoms with Crippen LogP contribution in [-0.4, -0.2) is 0 Å². The molecule has 1 heterocycles. The molecule has 0 saturated heterocycles. The second-order valence-corrected chi connectivity index (χ2v) is 3.98. The number of benzene rings is 1. The fourth-order valence-corrected chi connectivity index (χ4v) is 2.07. The Labute approximate surface area is 86.0 Å². The van der Waals surface area contributed by atoms with E-state index in [2.05, 4.69) is 0 Å². The molecule has 0 aliphatic rings. The first kappa shape index (κ1) is 9.37. The standard InChI is InChI=1S/C11H10FNS/c12-10-5-8(7-13)4-9(6-10)11-2-1-3-14-11/h1-6H,7,13H2. The fraction of sp³-hybridized carbons (Fsp3) is 0.0909. The summed E-state index contributed by atoms with van der Waals surface area (Å²) in [4.78, 5) is 1.07. The van der Waals surface area contributed by atoms with Crippen LogP contribution in [0.3, 0.4) is 0 Å². The number of rotatable bonds is 2. The zero-order valence-electron chi connectivity index (χ0n) is 7.53. The van der Waals surface area contributed by atoms with Gasteiger partial charge in [0.15, 0.2) is 0 Å². The molecule has 2 rings (SSSR count). The van der Waals surface area contributed by atoms with E-state index >= 15 is 0 Å². The van der Waals surface area contributed by atoms with Gasteiger partial charge < -0.3 is 5.73 Å². The van der Waals surface area contributed by atoms with Crippen molar-refractivity contribution in [3.05, 3.63) is 47.1 Å². The average molecular weight is 207 g/mol. The first-order valence-electron chi connectivity index (χ1n) is 4.33. The molecule has 2 N–H and O–H groups in total. The van der Waals surface area contributed by atoms with Gasteiger partial charge >= 0.3 is 0 Å². The third-order valence-corrected chi connectivity index (χ3v) is 2.92. The molecular formula is C11H10FNS. The summed E-state index contributed by atoms with van der Waals surface area (Å²) < 4.78 is 13.2. The maximum atomic E-state index is 13.2. The van der Waals surface area contributed by atoms with Gasteiger partial charge in [0, 0.05) is 11.4 Å². The highest BCUT2D eigenvalue weighted by Crippen LogP contribution is 2.26. The summed E-state index contributed by atoms with van der Waals surface area (Å²) in [6.45, 7) is 0.371. The van der Waals surface area contributed by atoms with Gasteiger partial charge in [0.25, 0.3) is 0 Å². The van der Waals surface area contributed by atoms with Crippen molar-refractivity contribution in [2.24, 2.45) is 5.73 Å². The Bertz CT molecular complexity index is 423. The lowest BCUT2D eigenvalue weighted by Crippen LogP contribution is -1.97. The van der Waals surface area contributed by atoms with Crippen molar-refractivity contribution in [1.82, 2.24) is 0 Å². The number of hydrogen-bond acceptors (Lipinski definition) is 2. The van der Waals surface area contributed by atoms with Crippen LogP contribution < -0.4 is 5.73 Å². The van der Waals surface area contributed by atoms with Gasteiger partial charge in [-0.25, -0.2) is 4.39 Å². The van der Waals surface area contributed by atoms with Crippen LogP contribution in [0.25, 0.3) is 10.4 Å². The summed E-state index contributed by atoms with van der Waals surface area (Å²) in [7, 11) is 0. The van der Waals surface area contributed by atoms with Crippen molar-refractivity contribution >= 4 is 11.3 Å². The fourth-order valence-electron chi connectivity index (χ4n) is 1.35. The molecule has 1 nitrogen and oxygen atoms in total. The molecule has 2 aromatic rings. The van der Waals surface area contributed by atoms with Gasteiger partial charge in [0.2, 0.25) is 0 Å². The van der Waals surface area contributed by atoms with Crippen LogP contribution in [0.15, 0.2) is 35.7 Å². The minimum atomic E-state index is -0.226. The zero-order valence-corrected chi connectivity index (χ0v) is 8.35. The molecule has 0 amide bonds. The summed E-state index contributed by atoms with van der Waals surface area (Å²) in [6, 6.07) is 8.85. The van der Waals surface area contributed by atoms with Crippen molar-refractivity contribution < 1.29 is 4.39 Å². The van der Waals surface area contributed by atoms with Gasteiger partial charge in [0.1, 0.15) is 5.82 Å². The molecule has 0 radical (unpaired) electrons. The molecule has 0 aliphatic carbocycles. The quantitative estimate of drug-likeness (QED) is 0.804. The normalized spacial score (nSPS) is 10.4. The molecule has 3 heteroatoms. The van der Waals surface area contributed by atoms with E-state index in [0.29, 0.717) is 6.54 Å². The van der Waals surface area contributed by atoms with E-state index < -0.39 is 0 Å². The Hall–Kier alpha value is -1.19. The molecule has 14 heavy (non-hydrogen) atoms. The smallest absolute Gasteiger partial charge is 0.124 e. The van der Waals surface area contributed by atoms with Gasteiger partial charge in [-0.15, -0.1) is 11.3 Å². The van der Waals surface area contributed by atoms with Gasteiger partial charge in [-0.2, -0.15) is 0 Å². The Balaban J connectivity index is 2.48. The first-order valence-corrected chi connectivity index (χ1v) is 5.21. The van der Waals surface area contributed by atoms with Crippen LogP contribution >= 0.6 is 11.3 Å². The summed E-state index contributed by atoms with van der Waals surface area (Å²) in [5, 5.41) is 1.97.